The molecule has 0 spiro atoms. The van der Waals surface area contributed by atoms with Crippen molar-refractivity contribution in [2.45, 2.75) is 0 Å². The van der Waals surface area contributed by atoms with E-state index in [2.05, 4.69) is 143 Å². The molecule has 0 aliphatic heterocycles. The predicted molar refractivity (Wildman–Crippen MR) is 232 cm³/mol. The first-order chi connectivity index (χ1) is 28.3. The van der Waals surface area contributed by atoms with E-state index in [-0.39, 0.29) is 0 Å². The lowest BCUT2D eigenvalue weighted by Crippen LogP contribution is -2.00. The third-order valence-corrected chi connectivity index (χ3v) is 11.2. The molecule has 12 aromatic rings. The Morgan fingerprint density at radius 1 is 0.351 bits per heavy atom. The van der Waals surface area contributed by atoms with Gasteiger partial charge in [0.2, 0.25) is 0 Å². The molecule has 6 heteroatoms. The molecule has 266 valence electrons. The molecule has 57 heavy (non-hydrogen) atoms. The predicted octanol–water partition coefficient (Wildman–Crippen LogP) is 13.0. The minimum absolute atomic E-state index is 0.584. The molecule has 0 aliphatic rings. The highest BCUT2D eigenvalue weighted by Crippen LogP contribution is 2.42. The van der Waals surface area contributed by atoms with Crippen molar-refractivity contribution in [1.82, 2.24) is 24.1 Å². The molecule has 4 aromatic heterocycles. The average molecular weight is 730 g/mol. The largest absolute Gasteiger partial charge is 0.456 e. The standard InChI is InChI=1S/C51H31N5O/c1-3-15-32(16-4-1)49-52-50(33-29-30-36-35-19-9-12-28-45(35)57-46(36)31-33)54-51(53-49)39-22-13-25-42-47(39)37-20-7-11-24-41(37)56(42)44-27-14-26-43-48(44)38-21-8-10-23-40(38)55(43)34-17-5-2-6-18-34/h1-31H. The van der Waals surface area contributed by atoms with Gasteiger partial charge in [-0.3, -0.25) is 0 Å². The van der Waals surface area contributed by atoms with Crippen molar-refractivity contribution in [2.75, 3.05) is 0 Å². The number of hydrogen-bond donors (Lipinski definition) is 0. The molecule has 6 nitrogen and oxygen atoms in total. The van der Waals surface area contributed by atoms with Crippen LogP contribution < -0.4 is 0 Å². The summed E-state index contributed by atoms with van der Waals surface area (Å²) in [6.45, 7) is 0. The molecule has 0 unspecified atom stereocenters. The molecular weight excluding hydrogens is 699 g/mol. The summed E-state index contributed by atoms with van der Waals surface area (Å²) in [5.41, 5.74) is 11.1. The Labute approximate surface area is 326 Å². The van der Waals surface area contributed by atoms with E-state index in [1.54, 1.807) is 0 Å². The van der Waals surface area contributed by atoms with Gasteiger partial charge >= 0.3 is 0 Å². The molecule has 0 amide bonds. The van der Waals surface area contributed by atoms with Crippen LogP contribution in [0.15, 0.2) is 192 Å². The van der Waals surface area contributed by atoms with Gasteiger partial charge < -0.3 is 13.6 Å². The number of furan rings is 1. The molecule has 0 saturated heterocycles. The van der Waals surface area contributed by atoms with Crippen LogP contribution in [0, 0.1) is 0 Å². The van der Waals surface area contributed by atoms with Gasteiger partial charge in [0, 0.05) is 54.7 Å². The second-order valence-electron chi connectivity index (χ2n) is 14.4. The normalized spacial score (nSPS) is 11.9. The highest BCUT2D eigenvalue weighted by atomic mass is 16.3. The van der Waals surface area contributed by atoms with Crippen LogP contribution in [0.3, 0.4) is 0 Å². The second kappa shape index (κ2) is 12.3. The summed E-state index contributed by atoms with van der Waals surface area (Å²) >= 11 is 0. The molecular formula is C51H31N5O. The molecule has 4 heterocycles. The van der Waals surface area contributed by atoms with Gasteiger partial charge in [-0.1, -0.05) is 127 Å². The molecule has 0 aliphatic carbocycles. The van der Waals surface area contributed by atoms with Crippen LogP contribution in [0.5, 0.6) is 0 Å². The lowest BCUT2D eigenvalue weighted by Gasteiger charge is -2.12. The van der Waals surface area contributed by atoms with Crippen LogP contribution in [0.4, 0.5) is 0 Å². The Bertz CT molecular complexity index is 3520. The maximum Gasteiger partial charge on any atom is 0.164 e. The number of aromatic nitrogens is 5. The Morgan fingerprint density at radius 3 is 1.70 bits per heavy atom. The van der Waals surface area contributed by atoms with Gasteiger partial charge in [0.15, 0.2) is 17.5 Å². The molecule has 0 bridgehead atoms. The monoisotopic (exact) mass is 729 g/mol. The number of rotatable bonds is 5. The zero-order valence-electron chi connectivity index (χ0n) is 30.5. The molecule has 0 fully saturated rings. The average Bonchev–Trinajstić information content (AvgIpc) is 3.94. The summed E-state index contributed by atoms with van der Waals surface area (Å²) < 4.78 is 11.1. The van der Waals surface area contributed by atoms with Gasteiger partial charge in [0.05, 0.1) is 27.8 Å². The van der Waals surface area contributed by atoms with Crippen LogP contribution in [0.25, 0.3) is 111 Å². The summed E-state index contributed by atoms with van der Waals surface area (Å²) in [5.74, 6) is 1.80. The fourth-order valence-corrected chi connectivity index (χ4v) is 8.71. The van der Waals surface area contributed by atoms with E-state index in [0.717, 1.165) is 77.3 Å². The smallest absolute Gasteiger partial charge is 0.164 e. The third-order valence-electron chi connectivity index (χ3n) is 11.2. The first-order valence-electron chi connectivity index (χ1n) is 19.1. The van der Waals surface area contributed by atoms with E-state index in [9.17, 15) is 0 Å². The summed E-state index contributed by atoms with van der Waals surface area (Å²) in [6.07, 6.45) is 0. The van der Waals surface area contributed by atoms with E-state index in [4.69, 9.17) is 19.4 Å². The number of fused-ring (bicyclic) bond motifs is 9. The van der Waals surface area contributed by atoms with Crippen molar-refractivity contribution >= 4 is 65.6 Å². The summed E-state index contributed by atoms with van der Waals surface area (Å²) in [5, 5.41) is 6.75. The van der Waals surface area contributed by atoms with Gasteiger partial charge in [-0.25, -0.2) is 15.0 Å². The summed E-state index contributed by atoms with van der Waals surface area (Å²) in [6, 6.07) is 65.6. The van der Waals surface area contributed by atoms with Gasteiger partial charge in [0.1, 0.15) is 11.2 Å². The number of benzene rings is 8. The van der Waals surface area contributed by atoms with Crippen molar-refractivity contribution in [1.29, 1.82) is 0 Å². The van der Waals surface area contributed by atoms with Crippen LogP contribution in [-0.4, -0.2) is 24.1 Å². The quantitative estimate of drug-likeness (QED) is 0.177. The van der Waals surface area contributed by atoms with Crippen LogP contribution in [0.2, 0.25) is 0 Å². The Hall–Kier alpha value is -7.83. The van der Waals surface area contributed by atoms with Gasteiger partial charge in [0.25, 0.3) is 0 Å². The van der Waals surface area contributed by atoms with E-state index < -0.39 is 0 Å². The highest BCUT2D eigenvalue weighted by Gasteiger charge is 2.23. The van der Waals surface area contributed by atoms with E-state index >= 15 is 0 Å². The van der Waals surface area contributed by atoms with Gasteiger partial charge in [-0.05, 0) is 60.7 Å². The maximum atomic E-state index is 6.30. The Morgan fingerprint density at radius 2 is 0.912 bits per heavy atom. The van der Waals surface area contributed by atoms with Crippen molar-refractivity contribution in [2.24, 2.45) is 0 Å². The topological polar surface area (TPSA) is 61.7 Å². The third kappa shape index (κ3) is 4.81. The molecule has 0 saturated carbocycles. The fraction of sp³-hybridized carbons (Fsp3) is 0. The minimum Gasteiger partial charge on any atom is -0.456 e. The molecule has 8 aromatic carbocycles. The van der Waals surface area contributed by atoms with Crippen molar-refractivity contribution < 1.29 is 4.42 Å². The Balaban J connectivity index is 1.12. The summed E-state index contributed by atoms with van der Waals surface area (Å²) in [7, 11) is 0. The lowest BCUT2D eigenvalue weighted by molar-refractivity contribution is 0.669. The Kier molecular flexibility index (Phi) is 6.83. The lowest BCUT2D eigenvalue weighted by atomic mass is 10.1. The van der Waals surface area contributed by atoms with Crippen molar-refractivity contribution in [3.63, 3.8) is 0 Å². The van der Waals surface area contributed by atoms with Crippen LogP contribution >= 0.6 is 0 Å². The molecule has 0 N–H and O–H groups in total. The van der Waals surface area contributed by atoms with Crippen LogP contribution in [-0.2, 0) is 0 Å². The summed E-state index contributed by atoms with van der Waals surface area (Å²) in [4.78, 5) is 15.5. The number of nitrogens with zero attached hydrogens (tertiary/aromatic N) is 5. The maximum absolute atomic E-state index is 6.30. The van der Waals surface area contributed by atoms with E-state index in [0.29, 0.717) is 17.5 Å². The van der Waals surface area contributed by atoms with E-state index in [1.807, 2.05) is 54.6 Å². The van der Waals surface area contributed by atoms with Gasteiger partial charge in [-0.15, -0.1) is 0 Å². The second-order valence-corrected chi connectivity index (χ2v) is 14.4. The first-order valence-corrected chi connectivity index (χ1v) is 19.1. The molecule has 12 rings (SSSR count). The first kappa shape index (κ1) is 31.5. The number of para-hydroxylation sites is 4. The number of hydrogen-bond acceptors (Lipinski definition) is 4. The zero-order valence-corrected chi connectivity index (χ0v) is 30.5. The highest BCUT2D eigenvalue weighted by molar-refractivity contribution is 6.19. The van der Waals surface area contributed by atoms with E-state index in [1.165, 1.54) is 16.3 Å². The molecule has 0 atom stereocenters. The van der Waals surface area contributed by atoms with Crippen molar-refractivity contribution in [3.05, 3.63) is 188 Å². The minimum atomic E-state index is 0.584. The molecule has 0 radical (unpaired) electrons. The zero-order chi connectivity index (χ0) is 37.5. The van der Waals surface area contributed by atoms with Gasteiger partial charge in [-0.2, -0.15) is 0 Å². The SMILES string of the molecule is c1ccc(-c2nc(-c3ccc4c(c3)oc3ccccc34)nc(-c3cccc4c3c3ccccc3n4-c3cccc4c3c3ccccc3n4-c3ccccc3)n2)cc1. The van der Waals surface area contributed by atoms with Crippen LogP contribution in [0.1, 0.15) is 0 Å². The van der Waals surface area contributed by atoms with Crippen molar-refractivity contribution in [3.8, 4) is 45.5 Å². The fourth-order valence-electron chi connectivity index (χ4n) is 8.71.